The van der Waals surface area contributed by atoms with Gasteiger partial charge in [0.15, 0.2) is 0 Å². The second-order valence-corrected chi connectivity index (χ2v) is 20.6. The Morgan fingerprint density at radius 3 is 0.897 bits per heavy atom. The van der Waals surface area contributed by atoms with E-state index in [0.29, 0.717) is 10.8 Å². The number of benzene rings is 14. The van der Waals surface area contributed by atoms with E-state index < -0.39 is 0 Å². The third kappa shape index (κ3) is 6.60. The zero-order valence-electron chi connectivity index (χ0n) is 42.1. The van der Waals surface area contributed by atoms with Crippen molar-refractivity contribution in [1.82, 2.24) is 9.13 Å². The van der Waals surface area contributed by atoms with Crippen molar-refractivity contribution in [2.75, 3.05) is 0 Å². The van der Waals surface area contributed by atoms with Gasteiger partial charge in [0.1, 0.15) is 0 Å². The van der Waals surface area contributed by atoms with Gasteiger partial charge in [-0.1, -0.05) is 200 Å². The zero-order chi connectivity index (χ0) is 51.6. The van der Waals surface area contributed by atoms with E-state index in [4.69, 9.17) is 0 Å². The van der Waals surface area contributed by atoms with Crippen LogP contribution in [0, 0.1) is 0 Å². The van der Waals surface area contributed by atoms with Crippen LogP contribution in [0.3, 0.4) is 0 Å². The Morgan fingerprint density at radius 1 is 0.179 bits per heavy atom. The Morgan fingerprint density at radius 2 is 0.449 bits per heavy atom. The van der Waals surface area contributed by atoms with E-state index in [1.54, 1.807) is 0 Å². The first-order valence-corrected chi connectivity index (χ1v) is 26.6. The lowest BCUT2D eigenvalue weighted by Crippen LogP contribution is -2.19. The van der Waals surface area contributed by atoms with Crippen LogP contribution in [0.5, 0.6) is 0 Å². The summed E-state index contributed by atoms with van der Waals surface area (Å²) in [6, 6.07) is 93.6. The number of rotatable bonds is 5. The summed E-state index contributed by atoms with van der Waals surface area (Å²) in [6.45, 7) is 0. The maximum Gasteiger partial charge on any atom is 0.263 e. The first-order valence-electron chi connectivity index (χ1n) is 26.6. The van der Waals surface area contributed by atoms with Gasteiger partial charge in [0.05, 0.1) is 11.0 Å². The number of fused-ring (bicyclic) bond motifs is 18. The van der Waals surface area contributed by atoms with Crippen LogP contribution in [0.1, 0.15) is 0 Å². The minimum atomic E-state index is -0.0632. The van der Waals surface area contributed by atoms with Crippen molar-refractivity contribution in [3.8, 4) is 44.8 Å². The Balaban J connectivity index is 0.903. The Kier molecular flexibility index (Phi) is 9.60. The zero-order valence-corrected chi connectivity index (χ0v) is 42.1. The van der Waals surface area contributed by atoms with Crippen LogP contribution in [-0.2, 0) is 0 Å². The van der Waals surface area contributed by atoms with E-state index in [-0.39, 0.29) is 11.1 Å². The number of nitrogens with zero attached hydrogens (tertiary/aromatic N) is 2. The quantitative estimate of drug-likeness (QED) is 0.161. The minimum Gasteiger partial charge on any atom is -0.276 e. The third-order valence-electron chi connectivity index (χ3n) is 16.5. The molecule has 16 aromatic rings. The van der Waals surface area contributed by atoms with Crippen LogP contribution in [0.4, 0.5) is 0 Å². The molecule has 2 heterocycles. The molecule has 78 heavy (non-hydrogen) atoms. The number of hydrogen-bond acceptors (Lipinski definition) is 2. The predicted molar refractivity (Wildman–Crippen MR) is 329 cm³/mol. The third-order valence-corrected chi connectivity index (χ3v) is 16.5. The molecule has 16 rings (SSSR count). The monoisotopic (exact) mass is 992 g/mol. The van der Waals surface area contributed by atoms with Crippen molar-refractivity contribution in [3.05, 3.63) is 288 Å². The molecule has 0 aliphatic carbocycles. The fourth-order valence-corrected chi connectivity index (χ4v) is 12.8. The van der Waals surface area contributed by atoms with E-state index in [1.165, 1.54) is 16.2 Å². The molecule has 0 aliphatic rings. The van der Waals surface area contributed by atoms with Crippen LogP contribution in [0.15, 0.2) is 277 Å². The summed E-state index contributed by atoms with van der Waals surface area (Å²) >= 11 is 0. The van der Waals surface area contributed by atoms with Gasteiger partial charge in [0.25, 0.3) is 11.1 Å². The molecule has 14 aromatic carbocycles. The highest BCUT2D eigenvalue weighted by molar-refractivity contribution is 6.27. The molecular formula is C74H44N2O2. The highest BCUT2D eigenvalue weighted by Gasteiger charge is 2.20. The van der Waals surface area contributed by atoms with Gasteiger partial charge in [-0.05, 0) is 176 Å². The summed E-state index contributed by atoms with van der Waals surface area (Å²) < 4.78 is 3.81. The number of hydrogen-bond donors (Lipinski definition) is 0. The van der Waals surface area contributed by atoms with Crippen molar-refractivity contribution in [3.63, 3.8) is 0 Å². The number of pyridine rings is 2. The Labute approximate surface area is 447 Å². The second kappa shape index (κ2) is 17.1. The average Bonchev–Trinajstić information content (AvgIpc) is 3.68. The van der Waals surface area contributed by atoms with Crippen molar-refractivity contribution in [2.24, 2.45) is 0 Å². The summed E-state index contributed by atoms with van der Waals surface area (Å²) in [5, 5.41) is 18.9. The van der Waals surface area contributed by atoms with Gasteiger partial charge in [-0.2, -0.15) is 0 Å². The second-order valence-electron chi connectivity index (χ2n) is 20.6. The summed E-state index contributed by atoms with van der Waals surface area (Å²) in [7, 11) is 0. The van der Waals surface area contributed by atoms with Gasteiger partial charge in [-0.25, -0.2) is 0 Å². The molecule has 4 heteroatoms. The predicted octanol–water partition coefficient (Wildman–Crippen LogP) is 18.5. The lowest BCUT2D eigenvalue weighted by Gasteiger charge is -2.18. The van der Waals surface area contributed by atoms with Gasteiger partial charge in [-0.3, -0.25) is 18.7 Å². The molecule has 0 saturated carbocycles. The standard InChI is InChI=1S/C74H44N2O2/c77-73-64-26-14-13-25-59(64)68-40-48(46-17-5-2-6-18-46)29-37-71(68)75(73)51-31-36-61-56-22-10-11-23-57(56)65-39-49(28-33-62(65)67(61)44-51)50-30-38-72-69(41-50)63-34-27-47(45-15-3-1-4-16-45)42-70(63)74(78)76(72)52-32-35-60-55-21-8-7-19-53(55)54-20-9-12-24-58(54)66(60)43-52/h1-44H. The highest BCUT2D eigenvalue weighted by atomic mass is 16.1. The van der Waals surface area contributed by atoms with E-state index in [9.17, 15) is 4.79 Å². The van der Waals surface area contributed by atoms with Crippen molar-refractivity contribution >= 4 is 108 Å². The molecule has 0 spiro atoms. The topological polar surface area (TPSA) is 44.0 Å². The summed E-state index contributed by atoms with van der Waals surface area (Å²) in [4.78, 5) is 30.1. The molecule has 0 aliphatic heterocycles. The van der Waals surface area contributed by atoms with Gasteiger partial charge in [0, 0.05) is 32.9 Å². The van der Waals surface area contributed by atoms with Gasteiger partial charge in [0.2, 0.25) is 0 Å². The van der Waals surface area contributed by atoms with Crippen LogP contribution >= 0.6 is 0 Å². The maximum atomic E-state index is 15.3. The van der Waals surface area contributed by atoms with Crippen molar-refractivity contribution in [2.45, 2.75) is 0 Å². The van der Waals surface area contributed by atoms with Crippen LogP contribution in [-0.4, -0.2) is 9.13 Å². The van der Waals surface area contributed by atoms with Gasteiger partial charge >= 0.3 is 0 Å². The summed E-state index contributed by atoms with van der Waals surface area (Å²) in [5.74, 6) is 0. The molecule has 0 amide bonds. The largest absolute Gasteiger partial charge is 0.276 e. The van der Waals surface area contributed by atoms with E-state index in [2.05, 4.69) is 224 Å². The average molecular weight is 993 g/mol. The van der Waals surface area contributed by atoms with E-state index >= 15 is 4.79 Å². The fraction of sp³-hybridized carbons (Fsp3) is 0. The fourth-order valence-electron chi connectivity index (χ4n) is 12.8. The SMILES string of the molecule is O=c1c2ccccc2c2cc(-c3ccccc3)ccc2n1-c1ccc2c3ccccc3c3cc(-c4ccc5c(c4)c4ccc(-c6ccccc6)cc4c(=O)n5-c4ccc5c6ccccc6c6ccccc6c5c4)ccc3c2c1. The lowest BCUT2D eigenvalue weighted by molar-refractivity contribution is 1.06. The molecule has 0 bridgehead atoms. The first kappa shape index (κ1) is 43.9. The van der Waals surface area contributed by atoms with E-state index in [0.717, 1.165) is 126 Å². The Hall–Kier alpha value is -10.4. The molecule has 0 atom stereocenters. The molecule has 2 aromatic heterocycles. The molecule has 362 valence electrons. The van der Waals surface area contributed by atoms with Crippen LogP contribution < -0.4 is 11.1 Å². The van der Waals surface area contributed by atoms with Gasteiger partial charge in [-0.15, -0.1) is 0 Å². The maximum absolute atomic E-state index is 15.3. The molecular weight excluding hydrogens is 949 g/mol. The molecule has 0 fully saturated rings. The van der Waals surface area contributed by atoms with E-state index in [1.807, 2.05) is 51.6 Å². The van der Waals surface area contributed by atoms with Crippen LogP contribution in [0.2, 0.25) is 0 Å². The molecule has 0 N–H and O–H groups in total. The number of aromatic nitrogens is 2. The first-order chi connectivity index (χ1) is 38.5. The smallest absolute Gasteiger partial charge is 0.263 e. The summed E-state index contributed by atoms with van der Waals surface area (Å²) in [5.41, 5.74) is 9.60. The van der Waals surface area contributed by atoms with Crippen molar-refractivity contribution in [1.29, 1.82) is 0 Å². The normalized spacial score (nSPS) is 11.9. The minimum absolute atomic E-state index is 0.0504. The molecule has 0 saturated heterocycles. The molecule has 0 radical (unpaired) electrons. The van der Waals surface area contributed by atoms with Gasteiger partial charge < -0.3 is 0 Å². The highest BCUT2D eigenvalue weighted by Crippen LogP contribution is 2.42. The molecule has 4 nitrogen and oxygen atoms in total. The van der Waals surface area contributed by atoms with Crippen molar-refractivity contribution < 1.29 is 0 Å². The lowest BCUT2D eigenvalue weighted by atomic mass is 9.91. The Bertz CT molecular complexity index is 5330. The summed E-state index contributed by atoms with van der Waals surface area (Å²) in [6.07, 6.45) is 0. The van der Waals surface area contributed by atoms with Crippen LogP contribution in [0.25, 0.3) is 153 Å². The molecule has 0 unspecified atom stereocenters.